The Balaban J connectivity index is 1.72. The summed E-state index contributed by atoms with van der Waals surface area (Å²) in [4.78, 5) is 24.3. The van der Waals surface area contributed by atoms with E-state index in [1.165, 1.54) is 6.26 Å². The standard InChI is InChI=1S/C19H16BrN3O3S/c1-11-4-5-15(14(20)7-11)22-18(25)10-27-19-13(9-21)12(8-17(24)23-19)16-3-2-6-26-16/h2-7,12H,8,10H2,1H3,(H,22,25)(H,23,24)/t12-/m0/s1. The van der Waals surface area contributed by atoms with Gasteiger partial charge in [-0.05, 0) is 52.7 Å². The van der Waals surface area contributed by atoms with Gasteiger partial charge in [-0.25, -0.2) is 0 Å². The Morgan fingerprint density at radius 1 is 1.48 bits per heavy atom. The molecule has 0 aliphatic carbocycles. The molecule has 8 heteroatoms. The Kier molecular flexibility index (Phi) is 6.04. The fourth-order valence-electron chi connectivity index (χ4n) is 2.71. The smallest absolute Gasteiger partial charge is 0.234 e. The first-order chi connectivity index (χ1) is 13.0. The molecule has 0 unspecified atom stereocenters. The van der Waals surface area contributed by atoms with E-state index in [1.807, 2.05) is 25.1 Å². The number of hydrogen-bond acceptors (Lipinski definition) is 5. The normalized spacial score (nSPS) is 16.6. The molecule has 27 heavy (non-hydrogen) atoms. The van der Waals surface area contributed by atoms with Gasteiger partial charge < -0.3 is 15.1 Å². The lowest BCUT2D eigenvalue weighted by molar-refractivity contribution is -0.121. The minimum Gasteiger partial charge on any atom is -0.469 e. The second-order valence-corrected chi connectivity index (χ2v) is 7.83. The lowest BCUT2D eigenvalue weighted by Gasteiger charge is -2.23. The van der Waals surface area contributed by atoms with Gasteiger partial charge in [-0.2, -0.15) is 5.26 Å². The second kappa shape index (κ2) is 8.46. The van der Waals surface area contributed by atoms with Crippen LogP contribution in [0.3, 0.4) is 0 Å². The van der Waals surface area contributed by atoms with E-state index in [9.17, 15) is 14.9 Å². The van der Waals surface area contributed by atoms with Gasteiger partial charge in [0.2, 0.25) is 11.8 Å². The molecule has 2 N–H and O–H groups in total. The summed E-state index contributed by atoms with van der Waals surface area (Å²) in [5.41, 5.74) is 2.15. The van der Waals surface area contributed by atoms with E-state index in [1.54, 1.807) is 12.1 Å². The van der Waals surface area contributed by atoms with Crippen LogP contribution in [-0.2, 0) is 9.59 Å². The van der Waals surface area contributed by atoms with Crippen LogP contribution in [-0.4, -0.2) is 17.6 Å². The van der Waals surface area contributed by atoms with Gasteiger partial charge in [-0.1, -0.05) is 17.8 Å². The van der Waals surface area contributed by atoms with Crippen LogP contribution < -0.4 is 10.6 Å². The van der Waals surface area contributed by atoms with Gasteiger partial charge in [0.25, 0.3) is 0 Å². The zero-order valence-corrected chi connectivity index (χ0v) is 16.8. The van der Waals surface area contributed by atoms with E-state index < -0.39 is 5.92 Å². The van der Waals surface area contributed by atoms with Gasteiger partial charge in [0, 0.05) is 10.9 Å². The Morgan fingerprint density at radius 2 is 2.30 bits per heavy atom. The summed E-state index contributed by atoms with van der Waals surface area (Å²) in [5.74, 6) is -0.252. The molecule has 0 saturated heterocycles. The highest BCUT2D eigenvalue weighted by atomic mass is 79.9. The quantitative estimate of drug-likeness (QED) is 0.723. The van der Waals surface area contributed by atoms with Crippen molar-refractivity contribution in [3.8, 4) is 6.07 Å². The zero-order chi connectivity index (χ0) is 19.4. The molecule has 0 saturated carbocycles. The molecule has 0 radical (unpaired) electrons. The van der Waals surface area contributed by atoms with E-state index in [-0.39, 0.29) is 24.0 Å². The number of halogens is 1. The molecule has 3 rings (SSSR count). The highest BCUT2D eigenvalue weighted by Gasteiger charge is 2.31. The summed E-state index contributed by atoms with van der Waals surface area (Å²) >= 11 is 4.55. The Hall–Kier alpha value is -2.50. The van der Waals surface area contributed by atoms with Crippen LogP contribution >= 0.6 is 27.7 Å². The topological polar surface area (TPSA) is 95.1 Å². The van der Waals surface area contributed by atoms with Gasteiger partial charge in [0.1, 0.15) is 5.76 Å². The first-order valence-electron chi connectivity index (χ1n) is 8.14. The number of benzene rings is 1. The maximum Gasteiger partial charge on any atom is 0.234 e. The molecule has 138 valence electrons. The highest BCUT2D eigenvalue weighted by Crippen LogP contribution is 2.36. The predicted molar refractivity (Wildman–Crippen MR) is 107 cm³/mol. The van der Waals surface area contributed by atoms with Crippen molar-refractivity contribution in [3.63, 3.8) is 0 Å². The van der Waals surface area contributed by atoms with Crippen molar-refractivity contribution in [2.75, 3.05) is 11.1 Å². The number of nitrogens with zero attached hydrogens (tertiary/aromatic N) is 1. The third-order valence-corrected chi connectivity index (χ3v) is 5.66. The highest BCUT2D eigenvalue weighted by molar-refractivity contribution is 9.10. The third-order valence-electron chi connectivity index (χ3n) is 3.99. The largest absolute Gasteiger partial charge is 0.469 e. The number of amides is 2. The Bertz CT molecular complexity index is 948. The Morgan fingerprint density at radius 3 is 2.96 bits per heavy atom. The van der Waals surface area contributed by atoms with E-state index in [2.05, 4.69) is 32.6 Å². The number of rotatable bonds is 5. The number of thioether (sulfide) groups is 1. The first kappa shape index (κ1) is 19.3. The summed E-state index contributed by atoms with van der Waals surface area (Å²) in [6.07, 6.45) is 1.65. The van der Waals surface area contributed by atoms with Crippen molar-refractivity contribution in [2.24, 2.45) is 0 Å². The summed E-state index contributed by atoms with van der Waals surface area (Å²) in [5, 5.41) is 15.5. The number of carbonyl (C=O) groups is 2. The van der Waals surface area contributed by atoms with Crippen LogP contribution in [0.4, 0.5) is 5.69 Å². The number of anilines is 1. The number of aryl methyl sites for hydroxylation is 1. The molecular weight excluding hydrogens is 430 g/mol. The lowest BCUT2D eigenvalue weighted by atomic mass is 9.92. The van der Waals surface area contributed by atoms with Crippen LogP contribution in [0.15, 0.2) is 56.1 Å². The maximum atomic E-state index is 12.3. The van der Waals surface area contributed by atoms with Crippen molar-refractivity contribution in [1.29, 1.82) is 5.26 Å². The van der Waals surface area contributed by atoms with Gasteiger partial charge in [0.15, 0.2) is 0 Å². The van der Waals surface area contributed by atoms with Crippen molar-refractivity contribution in [3.05, 3.63) is 63.0 Å². The number of furan rings is 1. The number of nitriles is 1. The fourth-order valence-corrected chi connectivity index (χ4v) is 4.18. The van der Waals surface area contributed by atoms with E-state index in [0.29, 0.717) is 22.0 Å². The van der Waals surface area contributed by atoms with Crippen LogP contribution in [0.1, 0.15) is 23.7 Å². The lowest BCUT2D eigenvalue weighted by Crippen LogP contribution is -2.31. The number of allylic oxidation sites excluding steroid dienone is 1. The van der Waals surface area contributed by atoms with Gasteiger partial charge >= 0.3 is 0 Å². The zero-order valence-electron chi connectivity index (χ0n) is 14.4. The van der Waals surface area contributed by atoms with Gasteiger partial charge in [-0.3, -0.25) is 9.59 Å². The molecule has 1 aliphatic rings. The van der Waals surface area contributed by atoms with E-state index in [4.69, 9.17) is 4.42 Å². The minimum atomic E-state index is -0.435. The Labute approximate surface area is 169 Å². The van der Waals surface area contributed by atoms with Crippen LogP contribution in [0.2, 0.25) is 0 Å². The van der Waals surface area contributed by atoms with Gasteiger partial charge in [0.05, 0.1) is 40.3 Å². The molecule has 2 heterocycles. The van der Waals surface area contributed by atoms with Crippen LogP contribution in [0.25, 0.3) is 0 Å². The number of hydrogen-bond donors (Lipinski definition) is 2. The van der Waals surface area contributed by atoms with Crippen LogP contribution in [0, 0.1) is 18.3 Å². The van der Waals surface area contributed by atoms with Crippen LogP contribution in [0.5, 0.6) is 0 Å². The minimum absolute atomic E-state index is 0.0615. The number of carbonyl (C=O) groups excluding carboxylic acids is 2. The molecule has 6 nitrogen and oxygen atoms in total. The van der Waals surface area contributed by atoms with E-state index >= 15 is 0 Å². The molecule has 1 aromatic carbocycles. The van der Waals surface area contributed by atoms with Crippen molar-refractivity contribution in [1.82, 2.24) is 5.32 Å². The summed E-state index contributed by atoms with van der Waals surface area (Å²) < 4.78 is 6.16. The predicted octanol–water partition coefficient (Wildman–Crippen LogP) is 4.06. The molecule has 1 atom stereocenters. The molecule has 1 aromatic heterocycles. The van der Waals surface area contributed by atoms with Crippen molar-refractivity contribution < 1.29 is 14.0 Å². The fraction of sp³-hybridized carbons (Fsp3) is 0.211. The monoisotopic (exact) mass is 445 g/mol. The summed E-state index contributed by atoms with van der Waals surface area (Å²) in [7, 11) is 0. The average molecular weight is 446 g/mol. The third kappa shape index (κ3) is 4.62. The molecule has 2 aromatic rings. The molecule has 1 aliphatic heterocycles. The summed E-state index contributed by atoms with van der Waals surface area (Å²) in [6, 6.07) is 11.2. The van der Waals surface area contributed by atoms with Gasteiger partial charge in [-0.15, -0.1) is 0 Å². The van der Waals surface area contributed by atoms with Crippen molar-refractivity contribution in [2.45, 2.75) is 19.3 Å². The molecule has 0 fully saturated rings. The first-order valence-corrected chi connectivity index (χ1v) is 9.92. The molecular formula is C19H16BrN3O3S. The molecule has 0 bridgehead atoms. The van der Waals surface area contributed by atoms with Crippen molar-refractivity contribution >= 4 is 45.2 Å². The SMILES string of the molecule is Cc1ccc(NC(=O)CSC2=C(C#N)[C@@H](c3ccco3)CC(=O)N2)c(Br)c1. The maximum absolute atomic E-state index is 12.3. The second-order valence-electron chi connectivity index (χ2n) is 6.00. The summed E-state index contributed by atoms with van der Waals surface area (Å²) in [6.45, 7) is 1.96. The molecule has 2 amide bonds. The van der Waals surface area contributed by atoms with E-state index in [0.717, 1.165) is 21.8 Å². The average Bonchev–Trinajstić information content (AvgIpc) is 3.16. The number of nitrogens with one attached hydrogen (secondary N) is 2. The molecule has 0 spiro atoms.